The van der Waals surface area contributed by atoms with Crippen LogP contribution in [0.4, 0.5) is 10.1 Å². The molecule has 0 bridgehead atoms. The molecule has 6 nitrogen and oxygen atoms in total. The van der Waals surface area contributed by atoms with Crippen LogP contribution in [0.25, 0.3) is 5.69 Å². The molecule has 0 radical (unpaired) electrons. The van der Waals surface area contributed by atoms with Crippen molar-refractivity contribution >= 4 is 23.4 Å². The number of halogens is 1. The summed E-state index contributed by atoms with van der Waals surface area (Å²) in [5.74, 6) is 1.42. The minimum absolute atomic E-state index is 0.118. The smallest absolute Gasteiger partial charge is 0.225 e. The molecule has 3 rings (SSSR count). The molecule has 1 amide bonds. The highest BCUT2D eigenvalue weighted by Crippen LogP contribution is 2.18. The van der Waals surface area contributed by atoms with Crippen molar-refractivity contribution in [2.75, 3.05) is 23.4 Å². The van der Waals surface area contributed by atoms with Gasteiger partial charge in [-0.25, -0.2) is 14.1 Å². The predicted octanol–water partition coefficient (Wildman–Crippen LogP) is 1.44. The lowest BCUT2D eigenvalue weighted by Crippen LogP contribution is -2.39. The standard InChI is InChI=1S/C14H16FN5OS/c15-12-5-10(1-2-13(12)20-9-16-8-18-20)19-14(21)6-11-7-22-4-3-17-11/h1-2,5,8-9,11,17H,3-4,6-7H2,(H,19,21). The van der Waals surface area contributed by atoms with Crippen molar-refractivity contribution in [3.05, 3.63) is 36.7 Å². The Morgan fingerprint density at radius 3 is 3.14 bits per heavy atom. The van der Waals surface area contributed by atoms with Gasteiger partial charge in [-0.15, -0.1) is 0 Å². The SMILES string of the molecule is O=C(CC1CSCCN1)Nc1ccc(-n2cncn2)c(F)c1. The summed E-state index contributed by atoms with van der Waals surface area (Å²) in [6, 6.07) is 4.69. The largest absolute Gasteiger partial charge is 0.326 e. The zero-order chi connectivity index (χ0) is 15.4. The van der Waals surface area contributed by atoms with E-state index < -0.39 is 5.82 Å². The summed E-state index contributed by atoms with van der Waals surface area (Å²) >= 11 is 1.84. The lowest BCUT2D eigenvalue weighted by Gasteiger charge is -2.22. The lowest BCUT2D eigenvalue weighted by molar-refractivity contribution is -0.116. The van der Waals surface area contributed by atoms with Gasteiger partial charge in [0.05, 0.1) is 0 Å². The van der Waals surface area contributed by atoms with Gasteiger partial charge in [-0.2, -0.15) is 16.9 Å². The number of nitrogens with zero attached hydrogens (tertiary/aromatic N) is 3. The van der Waals surface area contributed by atoms with Crippen LogP contribution in [-0.2, 0) is 4.79 Å². The molecule has 1 fully saturated rings. The fraction of sp³-hybridized carbons (Fsp3) is 0.357. The number of anilines is 1. The molecule has 1 unspecified atom stereocenters. The number of carbonyl (C=O) groups is 1. The summed E-state index contributed by atoms with van der Waals surface area (Å²) in [6.07, 6.45) is 3.15. The van der Waals surface area contributed by atoms with Crippen molar-refractivity contribution in [3.63, 3.8) is 0 Å². The highest BCUT2D eigenvalue weighted by Gasteiger charge is 2.17. The number of amides is 1. The van der Waals surface area contributed by atoms with E-state index in [9.17, 15) is 9.18 Å². The van der Waals surface area contributed by atoms with Crippen LogP contribution >= 0.6 is 11.8 Å². The molecule has 1 atom stereocenters. The average molecular weight is 321 g/mol. The molecule has 2 aromatic rings. The Morgan fingerprint density at radius 2 is 2.45 bits per heavy atom. The third-order valence-corrected chi connectivity index (χ3v) is 4.46. The Kier molecular flexibility index (Phi) is 4.69. The highest BCUT2D eigenvalue weighted by atomic mass is 32.2. The summed E-state index contributed by atoms with van der Waals surface area (Å²) in [7, 11) is 0. The van der Waals surface area contributed by atoms with E-state index in [2.05, 4.69) is 20.7 Å². The minimum atomic E-state index is -0.463. The van der Waals surface area contributed by atoms with Gasteiger partial charge < -0.3 is 10.6 Å². The van der Waals surface area contributed by atoms with Gasteiger partial charge >= 0.3 is 0 Å². The van der Waals surface area contributed by atoms with Crippen molar-refractivity contribution in [2.45, 2.75) is 12.5 Å². The van der Waals surface area contributed by atoms with Crippen LogP contribution in [0.15, 0.2) is 30.9 Å². The number of nitrogens with one attached hydrogen (secondary N) is 2. The molecule has 116 valence electrons. The van der Waals surface area contributed by atoms with E-state index in [0.29, 0.717) is 17.8 Å². The van der Waals surface area contributed by atoms with E-state index in [-0.39, 0.29) is 11.9 Å². The van der Waals surface area contributed by atoms with Gasteiger partial charge in [0.15, 0.2) is 5.82 Å². The molecule has 0 aliphatic carbocycles. The molecule has 2 N–H and O–H groups in total. The number of aromatic nitrogens is 3. The van der Waals surface area contributed by atoms with E-state index >= 15 is 0 Å². The number of thioether (sulfide) groups is 1. The molecule has 1 aromatic carbocycles. The fourth-order valence-corrected chi connectivity index (χ4v) is 3.24. The number of hydrogen-bond donors (Lipinski definition) is 2. The lowest BCUT2D eigenvalue weighted by atomic mass is 10.2. The Bertz CT molecular complexity index is 643. The van der Waals surface area contributed by atoms with Crippen LogP contribution in [0.2, 0.25) is 0 Å². The van der Waals surface area contributed by atoms with Gasteiger partial charge in [-0.1, -0.05) is 0 Å². The normalized spacial score (nSPS) is 18.1. The Labute approximate surface area is 131 Å². The van der Waals surface area contributed by atoms with Gasteiger partial charge in [-0.05, 0) is 18.2 Å². The van der Waals surface area contributed by atoms with Gasteiger partial charge in [0, 0.05) is 36.2 Å². The fourth-order valence-electron chi connectivity index (χ4n) is 2.29. The van der Waals surface area contributed by atoms with Crippen LogP contribution in [0.1, 0.15) is 6.42 Å². The second-order valence-corrected chi connectivity index (χ2v) is 6.13. The Balaban J connectivity index is 1.63. The summed E-state index contributed by atoms with van der Waals surface area (Å²) in [6.45, 7) is 0.920. The average Bonchev–Trinajstić information content (AvgIpc) is 3.02. The molecule has 1 aromatic heterocycles. The number of rotatable bonds is 4. The molecular weight excluding hydrogens is 305 g/mol. The first-order valence-corrected chi connectivity index (χ1v) is 8.13. The van der Waals surface area contributed by atoms with Crippen LogP contribution in [0.5, 0.6) is 0 Å². The van der Waals surface area contributed by atoms with E-state index in [0.717, 1.165) is 18.1 Å². The molecule has 1 aliphatic heterocycles. The topological polar surface area (TPSA) is 71.8 Å². The molecule has 8 heteroatoms. The molecule has 22 heavy (non-hydrogen) atoms. The predicted molar refractivity (Wildman–Crippen MR) is 83.7 cm³/mol. The van der Waals surface area contributed by atoms with Crippen molar-refractivity contribution in [2.24, 2.45) is 0 Å². The van der Waals surface area contributed by atoms with Gasteiger partial charge in [-0.3, -0.25) is 4.79 Å². The summed E-state index contributed by atoms with van der Waals surface area (Å²) in [5, 5.41) is 9.91. The maximum absolute atomic E-state index is 14.1. The van der Waals surface area contributed by atoms with Gasteiger partial charge in [0.1, 0.15) is 18.3 Å². The zero-order valence-electron chi connectivity index (χ0n) is 11.8. The van der Waals surface area contributed by atoms with Crippen molar-refractivity contribution in [1.82, 2.24) is 20.1 Å². The molecule has 2 heterocycles. The molecule has 1 aliphatic rings. The van der Waals surface area contributed by atoms with Crippen molar-refractivity contribution in [1.29, 1.82) is 0 Å². The second-order valence-electron chi connectivity index (χ2n) is 4.98. The highest BCUT2D eigenvalue weighted by molar-refractivity contribution is 7.99. The maximum Gasteiger partial charge on any atom is 0.225 e. The zero-order valence-corrected chi connectivity index (χ0v) is 12.6. The quantitative estimate of drug-likeness (QED) is 0.891. The Hall–Kier alpha value is -1.93. The Morgan fingerprint density at radius 1 is 1.55 bits per heavy atom. The van der Waals surface area contributed by atoms with E-state index in [1.54, 1.807) is 12.1 Å². The van der Waals surface area contributed by atoms with Gasteiger partial charge in [0.25, 0.3) is 0 Å². The first-order chi connectivity index (χ1) is 10.7. The summed E-state index contributed by atoms with van der Waals surface area (Å²) < 4.78 is 15.4. The maximum atomic E-state index is 14.1. The van der Waals surface area contributed by atoms with E-state index in [4.69, 9.17) is 0 Å². The number of benzene rings is 1. The van der Waals surface area contributed by atoms with E-state index in [1.807, 2.05) is 11.8 Å². The second kappa shape index (κ2) is 6.89. The van der Waals surface area contributed by atoms with Crippen molar-refractivity contribution < 1.29 is 9.18 Å². The van der Waals surface area contributed by atoms with Crippen LogP contribution in [0.3, 0.4) is 0 Å². The van der Waals surface area contributed by atoms with Crippen LogP contribution in [-0.4, -0.2) is 44.8 Å². The number of hydrogen-bond acceptors (Lipinski definition) is 5. The molecular formula is C14H16FN5OS. The number of carbonyl (C=O) groups excluding carboxylic acids is 1. The first-order valence-electron chi connectivity index (χ1n) is 6.98. The van der Waals surface area contributed by atoms with Crippen LogP contribution in [0, 0.1) is 5.82 Å². The summed E-state index contributed by atoms with van der Waals surface area (Å²) in [4.78, 5) is 15.8. The monoisotopic (exact) mass is 321 g/mol. The third-order valence-electron chi connectivity index (χ3n) is 3.33. The first kappa shape index (κ1) is 15.0. The summed E-state index contributed by atoms with van der Waals surface area (Å²) in [5.41, 5.74) is 0.732. The van der Waals surface area contributed by atoms with Gasteiger partial charge in [0.2, 0.25) is 5.91 Å². The van der Waals surface area contributed by atoms with E-state index in [1.165, 1.54) is 23.4 Å². The third kappa shape index (κ3) is 3.63. The molecule has 0 spiro atoms. The van der Waals surface area contributed by atoms with Crippen molar-refractivity contribution in [3.8, 4) is 5.69 Å². The molecule has 1 saturated heterocycles. The van der Waals surface area contributed by atoms with Crippen LogP contribution < -0.4 is 10.6 Å². The molecule has 0 saturated carbocycles. The minimum Gasteiger partial charge on any atom is -0.326 e.